The Labute approximate surface area is 113 Å². The molecule has 0 spiro atoms. The highest BCUT2D eigenvalue weighted by Gasteiger charge is 2.16. The van der Waals surface area contributed by atoms with Crippen molar-refractivity contribution in [3.63, 3.8) is 0 Å². The Bertz CT molecular complexity index is 352. The predicted molar refractivity (Wildman–Crippen MR) is 76.3 cm³/mol. The van der Waals surface area contributed by atoms with Crippen LogP contribution in [0.25, 0.3) is 0 Å². The van der Waals surface area contributed by atoms with Crippen molar-refractivity contribution in [3.05, 3.63) is 34.3 Å². The van der Waals surface area contributed by atoms with E-state index in [-0.39, 0.29) is 5.60 Å². The van der Waals surface area contributed by atoms with E-state index in [1.54, 1.807) is 7.11 Å². The molecule has 1 aromatic rings. The molecule has 0 bridgehead atoms. The van der Waals surface area contributed by atoms with Gasteiger partial charge in [-0.05, 0) is 51.4 Å². The second kappa shape index (κ2) is 6.53. The molecule has 0 heterocycles. The summed E-state index contributed by atoms with van der Waals surface area (Å²) in [5.41, 5.74) is 1.25. The molecule has 0 saturated heterocycles. The fraction of sp³-hybridized carbons (Fsp3) is 0.571. The molecular formula is C14H22BrNO. The number of methoxy groups -OCH3 is 1. The third-order valence-electron chi connectivity index (χ3n) is 3.08. The number of hydrogen-bond donors (Lipinski definition) is 1. The van der Waals surface area contributed by atoms with Gasteiger partial charge in [0.2, 0.25) is 0 Å². The van der Waals surface area contributed by atoms with Gasteiger partial charge in [0.05, 0.1) is 5.60 Å². The van der Waals surface area contributed by atoms with Crippen LogP contribution in [0.15, 0.2) is 28.7 Å². The second-order valence-electron chi connectivity index (χ2n) is 4.94. The number of benzene rings is 1. The summed E-state index contributed by atoms with van der Waals surface area (Å²) >= 11 is 3.49. The summed E-state index contributed by atoms with van der Waals surface area (Å²) in [6.07, 6.45) is 1.00. The van der Waals surface area contributed by atoms with Crippen molar-refractivity contribution in [3.8, 4) is 0 Å². The summed E-state index contributed by atoms with van der Waals surface area (Å²) in [5, 5.41) is 3.52. The van der Waals surface area contributed by atoms with Gasteiger partial charge in [0.1, 0.15) is 0 Å². The van der Waals surface area contributed by atoms with E-state index < -0.39 is 0 Å². The van der Waals surface area contributed by atoms with Gasteiger partial charge in [-0.15, -0.1) is 0 Å². The molecule has 1 aromatic carbocycles. The lowest BCUT2D eigenvalue weighted by Crippen LogP contribution is -2.30. The minimum absolute atomic E-state index is 0.0516. The highest BCUT2D eigenvalue weighted by molar-refractivity contribution is 9.10. The molecule has 0 radical (unpaired) electrons. The third kappa shape index (κ3) is 5.19. The number of halogens is 1. The minimum atomic E-state index is -0.0516. The van der Waals surface area contributed by atoms with E-state index in [2.05, 4.69) is 60.2 Å². The zero-order chi connectivity index (χ0) is 12.9. The fourth-order valence-corrected chi connectivity index (χ4v) is 2.00. The third-order valence-corrected chi connectivity index (χ3v) is 3.57. The zero-order valence-corrected chi connectivity index (χ0v) is 12.7. The largest absolute Gasteiger partial charge is 0.379 e. The van der Waals surface area contributed by atoms with Gasteiger partial charge in [0.15, 0.2) is 0 Å². The molecule has 0 aromatic heterocycles. The van der Waals surface area contributed by atoms with E-state index in [4.69, 9.17) is 4.74 Å². The molecule has 0 unspecified atom stereocenters. The molecular weight excluding hydrogens is 278 g/mol. The average molecular weight is 300 g/mol. The summed E-state index contributed by atoms with van der Waals surface area (Å²) < 4.78 is 6.52. The lowest BCUT2D eigenvalue weighted by atomic mass is 10.0. The quantitative estimate of drug-likeness (QED) is 0.860. The maximum Gasteiger partial charge on any atom is 0.0634 e. The number of rotatable bonds is 6. The summed E-state index contributed by atoms with van der Waals surface area (Å²) in [4.78, 5) is 0. The highest BCUT2D eigenvalue weighted by atomic mass is 79.9. The zero-order valence-electron chi connectivity index (χ0n) is 11.1. The molecule has 0 aliphatic carbocycles. The Morgan fingerprint density at radius 1 is 1.41 bits per heavy atom. The SMILES string of the molecule is COC(C)(C)CCN[C@@H](C)c1cccc(Br)c1. The van der Waals surface area contributed by atoms with Gasteiger partial charge < -0.3 is 10.1 Å². The van der Waals surface area contributed by atoms with Crippen molar-refractivity contribution in [1.82, 2.24) is 5.32 Å². The van der Waals surface area contributed by atoms with Crippen LogP contribution in [0.4, 0.5) is 0 Å². The van der Waals surface area contributed by atoms with Gasteiger partial charge in [-0.2, -0.15) is 0 Å². The molecule has 17 heavy (non-hydrogen) atoms. The Balaban J connectivity index is 2.42. The highest BCUT2D eigenvalue weighted by Crippen LogP contribution is 2.18. The minimum Gasteiger partial charge on any atom is -0.379 e. The Morgan fingerprint density at radius 2 is 2.12 bits per heavy atom. The van der Waals surface area contributed by atoms with Crippen molar-refractivity contribution in [1.29, 1.82) is 0 Å². The smallest absolute Gasteiger partial charge is 0.0634 e. The van der Waals surface area contributed by atoms with E-state index in [1.165, 1.54) is 5.56 Å². The molecule has 0 fully saturated rings. The predicted octanol–water partition coefficient (Wildman–Crippen LogP) is 3.91. The summed E-state index contributed by atoms with van der Waals surface area (Å²) in [5.74, 6) is 0. The van der Waals surface area contributed by atoms with Crippen LogP contribution in [0.5, 0.6) is 0 Å². The molecule has 1 rings (SSSR count). The first kappa shape index (κ1) is 14.7. The Hall–Kier alpha value is -0.380. The maximum atomic E-state index is 5.40. The fourth-order valence-electron chi connectivity index (χ4n) is 1.59. The lowest BCUT2D eigenvalue weighted by Gasteiger charge is -2.24. The van der Waals surface area contributed by atoms with Gasteiger partial charge in [0, 0.05) is 17.6 Å². The Morgan fingerprint density at radius 3 is 2.71 bits per heavy atom. The first-order valence-electron chi connectivity index (χ1n) is 5.98. The first-order chi connectivity index (χ1) is 7.94. The van der Waals surface area contributed by atoms with E-state index in [0.29, 0.717) is 6.04 Å². The van der Waals surface area contributed by atoms with Gasteiger partial charge >= 0.3 is 0 Å². The van der Waals surface area contributed by atoms with Gasteiger partial charge in [-0.3, -0.25) is 0 Å². The van der Waals surface area contributed by atoms with Crippen LogP contribution >= 0.6 is 15.9 Å². The standard InChI is InChI=1S/C14H22BrNO/c1-11(12-6-5-7-13(15)10-12)16-9-8-14(2,3)17-4/h5-7,10-11,16H,8-9H2,1-4H3/t11-/m0/s1. The van der Waals surface area contributed by atoms with E-state index in [0.717, 1.165) is 17.4 Å². The Kier molecular flexibility index (Phi) is 5.63. The molecule has 2 nitrogen and oxygen atoms in total. The van der Waals surface area contributed by atoms with E-state index >= 15 is 0 Å². The van der Waals surface area contributed by atoms with Crippen LogP contribution in [0.2, 0.25) is 0 Å². The van der Waals surface area contributed by atoms with Crippen LogP contribution in [-0.4, -0.2) is 19.3 Å². The van der Waals surface area contributed by atoms with Crippen molar-refractivity contribution < 1.29 is 4.74 Å². The maximum absolute atomic E-state index is 5.40. The normalized spacial score (nSPS) is 13.7. The molecule has 96 valence electrons. The second-order valence-corrected chi connectivity index (χ2v) is 5.86. The molecule has 0 aliphatic heterocycles. The first-order valence-corrected chi connectivity index (χ1v) is 6.78. The van der Waals surface area contributed by atoms with Gasteiger partial charge in [-0.1, -0.05) is 28.1 Å². The summed E-state index contributed by atoms with van der Waals surface area (Å²) in [7, 11) is 1.76. The van der Waals surface area contributed by atoms with Crippen molar-refractivity contribution >= 4 is 15.9 Å². The van der Waals surface area contributed by atoms with Crippen LogP contribution < -0.4 is 5.32 Å². The number of nitrogens with one attached hydrogen (secondary N) is 1. The summed E-state index contributed by atoms with van der Waals surface area (Å²) in [6, 6.07) is 8.77. The van der Waals surface area contributed by atoms with Crippen molar-refractivity contribution in [2.24, 2.45) is 0 Å². The topological polar surface area (TPSA) is 21.3 Å². The molecule has 0 saturated carbocycles. The van der Waals surface area contributed by atoms with E-state index in [9.17, 15) is 0 Å². The van der Waals surface area contributed by atoms with E-state index in [1.807, 2.05) is 6.07 Å². The van der Waals surface area contributed by atoms with Crippen LogP contribution in [0.3, 0.4) is 0 Å². The van der Waals surface area contributed by atoms with Crippen LogP contribution in [0.1, 0.15) is 38.8 Å². The summed E-state index contributed by atoms with van der Waals surface area (Å²) in [6.45, 7) is 7.35. The average Bonchev–Trinajstić information content (AvgIpc) is 2.28. The number of hydrogen-bond acceptors (Lipinski definition) is 2. The molecule has 0 amide bonds. The van der Waals surface area contributed by atoms with Gasteiger partial charge in [0.25, 0.3) is 0 Å². The van der Waals surface area contributed by atoms with Crippen LogP contribution in [-0.2, 0) is 4.74 Å². The molecule has 1 N–H and O–H groups in total. The van der Waals surface area contributed by atoms with Gasteiger partial charge in [-0.25, -0.2) is 0 Å². The van der Waals surface area contributed by atoms with Crippen molar-refractivity contribution in [2.45, 2.75) is 38.8 Å². The van der Waals surface area contributed by atoms with Crippen molar-refractivity contribution in [2.75, 3.05) is 13.7 Å². The van der Waals surface area contributed by atoms with Crippen LogP contribution in [0, 0.1) is 0 Å². The monoisotopic (exact) mass is 299 g/mol. The lowest BCUT2D eigenvalue weighted by molar-refractivity contribution is 0.0154. The molecule has 0 aliphatic rings. The number of ether oxygens (including phenoxy) is 1. The molecule has 1 atom stereocenters. The molecule has 3 heteroatoms.